The van der Waals surface area contributed by atoms with E-state index in [1.54, 1.807) is 24.3 Å². The summed E-state index contributed by atoms with van der Waals surface area (Å²) in [5, 5.41) is 0. The second-order valence-electron chi connectivity index (χ2n) is 7.55. The lowest BCUT2D eigenvalue weighted by Crippen LogP contribution is -2.44. The third-order valence-electron chi connectivity index (χ3n) is 4.98. The zero-order valence-electron chi connectivity index (χ0n) is 16.3. The van der Waals surface area contributed by atoms with Crippen LogP contribution in [0.3, 0.4) is 0 Å². The van der Waals surface area contributed by atoms with Crippen molar-refractivity contribution in [3.8, 4) is 0 Å². The summed E-state index contributed by atoms with van der Waals surface area (Å²) >= 11 is 0. The minimum Gasteiger partial charge on any atom is -0.325 e. The smallest absolute Gasteiger partial charge is 0.123 e. The van der Waals surface area contributed by atoms with Gasteiger partial charge in [0.05, 0.1) is 0 Å². The lowest BCUT2D eigenvalue weighted by atomic mass is 10.0. The first kappa shape index (κ1) is 18.4. The molecule has 0 aliphatic carbocycles. The molecular formula is C22H26F2N2. The molecule has 0 unspecified atom stereocenters. The normalized spacial score (nSPS) is 14.8. The molecule has 0 radical (unpaired) electrons. The van der Waals surface area contributed by atoms with E-state index >= 15 is 0 Å². The highest BCUT2D eigenvalue weighted by Gasteiger charge is 2.34. The molecule has 0 N–H and O–H groups in total. The average molecular weight is 356 g/mol. The molecule has 1 aliphatic rings. The van der Waals surface area contributed by atoms with Crippen LogP contribution in [-0.4, -0.2) is 6.17 Å². The predicted octanol–water partition coefficient (Wildman–Crippen LogP) is 5.98. The Balaban J connectivity index is 2.10. The van der Waals surface area contributed by atoms with Crippen molar-refractivity contribution in [3.05, 3.63) is 70.6 Å². The van der Waals surface area contributed by atoms with E-state index in [9.17, 15) is 8.78 Å². The molecule has 0 atom stereocenters. The maximum absolute atomic E-state index is 13.8. The van der Waals surface area contributed by atoms with E-state index in [1.807, 2.05) is 40.1 Å². The van der Waals surface area contributed by atoms with E-state index in [0.717, 1.165) is 33.6 Å². The summed E-state index contributed by atoms with van der Waals surface area (Å²) in [4.78, 5) is 4.41. The van der Waals surface area contributed by atoms with Crippen molar-refractivity contribution < 1.29 is 8.78 Å². The molecule has 2 aromatic carbocycles. The van der Waals surface area contributed by atoms with Crippen LogP contribution in [0.25, 0.3) is 0 Å². The van der Waals surface area contributed by atoms with Gasteiger partial charge in [0.1, 0.15) is 17.8 Å². The lowest BCUT2D eigenvalue weighted by Gasteiger charge is -2.38. The summed E-state index contributed by atoms with van der Waals surface area (Å²) in [5.74, 6) is -0.122. The largest absolute Gasteiger partial charge is 0.325 e. The van der Waals surface area contributed by atoms with E-state index in [-0.39, 0.29) is 17.8 Å². The van der Waals surface area contributed by atoms with Gasteiger partial charge in [-0.1, -0.05) is 13.8 Å². The summed E-state index contributed by atoms with van der Waals surface area (Å²) in [6.45, 7) is 12.1. The van der Waals surface area contributed by atoms with Gasteiger partial charge in [0.2, 0.25) is 0 Å². The van der Waals surface area contributed by atoms with Gasteiger partial charge in [-0.05, 0) is 80.1 Å². The Hall–Kier alpha value is -2.36. The van der Waals surface area contributed by atoms with Crippen molar-refractivity contribution in [1.29, 1.82) is 0 Å². The molecule has 0 bridgehead atoms. The van der Waals surface area contributed by atoms with Crippen molar-refractivity contribution in [2.45, 2.75) is 47.7 Å². The first-order chi connectivity index (χ1) is 12.2. The molecule has 0 saturated carbocycles. The third-order valence-corrected chi connectivity index (χ3v) is 4.98. The van der Waals surface area contributed by atoms with Gasteiger partial charge in [0.15, 0.2) is 0 Å². The number of aryl methyl sites for hydroxylation is 4. The molecule has 3 rings (SSSR count). The van der Waals surface area contributed by atoms with Crippen LogP contribution in [0.1, 0.15) is 36.1 Å². The van der Waals surface area contributed by atoms with Gasteiger partial charge in [-0.25, -0.2) is 8.78 Å². The van der Waals surface area contributed by atoms with Crippen LogP contribution in [0, 0.1) is 45.2 Å². The van der Waals surface area contributed by atoms with Crippen molar-refractivity contribution in [1.82, 2.24) is 0 Å². The molecule has 26 heavy (non-hydrogen) atoms. The van der Waals surface area contributed by atoms with Crippen LogP contribution in [0.5, 0.6) is 0 Å². The minimum atomic E-state index is -0.213. The number of nitrogens with zero attached hydrogens (tertiary/aromatic N) is 2. The molecule has 1 aliphatic heterocycles. The summed E-state index contributed by atoms with van der Waals surface area (Å²) in [7, 11) is 0. The first-order valence-electron chi connectivity index (χ1n) is 8.99. The fourth-order valence-corrected chi connectivity index (χ4v) is 4.13. The molecule has 4 heteroatoms. The van der Waals surface area contributed by atoms with Crippen LogP contribution in [0.15, 0.2) is 36.7 Å². The molecule has 138 valence electrons. The summed E-state index contributed by atoms with van der Waals surface area (Å²) < 4.78 is 27.5. The zero-order valence-corrected chi connectivity index (χ0v) is 16.3. The maximum Gasteiger partial charge on any atom is 0.123 e. The van der Waals surface area contributed by atoms with Crippen molar-refractivity contribution >= 4 is 11.4 Å². The molecule has 0 amide bonds. The van der Waals surface area contributed by atoms with E-state index in [0.29, 0.717) is 5.92 Å². The number of halogens is 2. The first-order valence-corrected chi connectivity index (χ1v) is 8.99. The second kappa shape index (κ2) is 6.75. The van der Waals surface area contributed by atoms with Gasteiger partial charge in [-0.3, -0.25) is 0 Å². The van der Waals surface area contributed by atoms with Crippen molar-refractivity contribution in [3.63, 3.8) is 0 Å². The van der Waals surface area contributed by atoms with Gasteiger partial charge in [0.25, 0.3) is 0 Å². The van der Waals surface area contributed by atoms with E-state index in [2.05, 4.69) is 23.6 Å². The van der Waals surface area contributed by atoms with Gasteiger partial charge in [-0.2, -0.15) is 0 Å². The Kier molecular flexibility index (Phi) is 4.78. The standard InChI is InChI=1S/C22H26F2N2/c1-13(2)22-25(20-14(3)9-18(23)10-15(20)4)7-8-26(22)21-16(5)11-19(24)12-17(21)6/h7-13,22H,1-6H3. The monoisotopic (exact) mass is 356 g/mol. The zero-order chi connectivity index (χ0) is 19.2. The Bertz CT molecular complexity index is 757. The highest BCUT2D eigenvalue weighted by Crippen LogP contribution is 2.38. The van der Waals surface area contributed by atoms with Crippen LogP contribution in [0.4, 0.5) is 20.2 Å². The number of hydrogen-bond acceptors (Lipinski definition) is 2. The van der Waals surface area contributed by atoms with Crippen molar-refractivity contribution in [2.75, 3.05) is 9.80 Å². The Morgan fingerprint density at radius 3 is 1.27 bits per heavy atom. The number of rotatable bonds is 3. The quantitative estimate of drug-likeness (QED) is 0.667. The van der Waals surface area contributed by atoms with Crippen LogP contribution >= 0.6 is 0 Å². The lowest BCUT2D eigenvalue weighted by molar-refractivity contribution is 0.499. The SMILES string of the molecule is Cc1cc(F)cc(C)c1N1C=CN(c2c(C)cc(F)cc2C)C1C(C)C. The Labute approximate surface area is 154 Å². The van der Waals surface area contributed by atoms with Crippen LogP contribution in [0.2, 0.25) is 0 Å². The van der Waals surface area contributed by atoms with Gasteiger partial charge in [0, 0.05) is 23.8 Å². The molecule has 0 spiro atoms. The molecule has 2 aromatic rings. The van der Waals surface area contributed by atoms with E-state index in [4.69, 9.17) is 0 Å². The average Bonchev–Trinajstić information content (AvgIpc) is 2.89. The second-order valence-corrected chi connectivity index (χ2v) is 7.55. The van der Waals surface area contributed by atoms with Gasteiger partial charge in [-0.15, -0.1) is 0 Å². The third kappa shape index (κ3) is 3.09. The van der Waals surface area contributed by atoms with E-state index < -0.39 is 0 Å². The number of anilines is 2. The predicted molar refractivity (Wildman–Crippen MR) is 104 cm³/mol. The molecule has 2 nitrogen and oxygen atoms in total. The number of hydrogen-bond donors (Lipinski definition) is 0. The maximum atomic E-state index is 13.8. The fraction of sp³-hybridized carbons (Fsp3) is 0.364. The minimum absolute atomic E-state index is 0.0423. The molecule has 1 heterocycles. The molecular weight excluding hydrogens is 330 g/mol. The summed E-state index contributed by atoms with van der Waals surface area (Å²) in [6, 6.07) is 6.30. The van der Waals surface area contributed by atoms with E-state index in [1.165, 1.54) is 0 Å². The van der Waals surface area contributed by atoms with Crippen molar-refractivity contribution in [2.24, 2.45) is 5.92 Å². The molecule has 0 saturated heterocycles. The molecule has 0 aromatic heterocycles. The fourth-order valence-electron chi connectivity index (χ4n) is 4.13. The Morgan fingerprint density at radius 2 is 1.00 bits per heavy atom. The molecule has 0 fully saturated rings. The number of benzene rings is 2. The summed E-state index contributed by atoms with van der Waals surface area (Å²) in [6.07, 6.45) is 4.13. The topological polar surface area (TPSA) is 6.48 Å². The van der Waals surface area contributed by atoms with Gasteiger partial charge < -0.3 is 9.80 Å². The Morgan fingerprint density at radius 1 is 0.692 bits per heavy atom. The van der Waals surface area contributed by atoms with Gasteiger partial charge >= 0.3 is 0 Å². The highest BCUT2D eigenvalue weighted by atomic mass is 19.1. The summed E-state index contributed by atoms with van der Waals surface area (Å²) in [5.41, 5.74) is 5.70. The van der Waals surface area contributed by atoms with Crippen LogP contribution < -0.4 is 9.80 Å². The van der Waals surface area contributed by atoms with Crippen LogP contribution in [-0.2, 0) is 0 Å². The highest BCUT2D eigenvalue weighted by molar-refractivity contribution is 5.70.